The first kappa shape index (κ1) is 15.7. The van der Waals surface area contributed by atoms with Crippen molar-refractivity contribution in [3.05, 3.63) is 56.2 Å². The Morgan fingerprint density at radius 2 is 2.00 bits per heavy atom. The van der Waals surface area contributed by atoms with Crippen molar-refractivity contribution in [2.24, 2.45) is 0 Å². The number of amides is 1. The van der Waals surface area contributed by atoms with Gasteiger partial charge in [-0.05, 0) is 52.7 Å². The summed E-state index contributed by atoms with van der Waals surface area (Å²) in [6.45, 7) is 0.550. The number of nitrogens with one attached hydrogen (secondary N) is 1. The Morgan fingerprint density at radius 3 is 2.67 bits per heavy atom. The second kappa shape index (κ2) is 7.38. The topological polar surface area (TPSA) is 55.4 Å². The number of hydrogen-bond donors (Lipinski definition) is 1. The summed E-state index contributed by atoms with van der Waals surface area (Å²) in [5.74, 6) is -0.649. The van der Waals surface area contributed by atoms with Crippen LogP contribution in [-0.4, -0.2) is 25.5 Å². The largest absolute Gasteiger partial charge is 0.465 e. The lowest BCUT2D eigenvalue weighted by molar-refractivity contribution is 0.0600. The van der Waals surface area contributed by atoms with E-state index in [2.05, 4.69) is 26.0 Å². The first-order valence-corrected chi connectivity index (χ1v) is 7.92. The van der Waals surface area contributed by atoms with Gasteiger partial charge >= 0.3 is 5.97 Å². The van der Waals surface area contributed by atoms with Crippen molar-refractivity contribution in [2.75, 3.05) is 13.7 Å². The molecule has 0 bridgehead atoms. The summed E-state index contributed by atoms with van der Waals surface area (Å²) in [6.07, 6.45) is 0.776. The fraction of sp³-hybridized carbons (Fsp3) is 0.200. The highest BCUT2D eigenvalue weighted by molar-refractivity contribution is 9.11. The molecule has 0 saturated heterocycles. The molecular weight excluding hydrogens is 354 g/mol. The van der Waals surface area contributed by atoms with Crippen molar-refractivity contribution < 1.29 is 14.3 Å². The summed E-state index contributed by atoms with van der Waals surface area (Å²) in [5.41, 5.74) is 0.817. The fourth-order valence-corrected chi connectivity index (χ4v) is 3.28. The Morgan fingerprint density at radius 1 is 1.24 bits per heavy atom. The monoisotopic (exact) mass is 367 g/mol. The highest BCUT2D eigenvalue weighted by atomic mass is 79.9. The Labute approximate surface area is 135 Å². The minimum absolute atomic E-state index is 0.198. The maximum absolute atomic E-state index is 12.0. The molecule has 0 aliphatic carbocycles. The lowest BCUT2D eigenvalue weighted by Crippen LogP contribution is -2.25. The number of methoxy groups -OCH3 is 1. The van der Waals surface area contributed by atoms with E-state index in [9.17, 15) is 9.59 Å². The van der Waals surface area contributed by atoms with E-state index in [-0.39, 0.29) is 5.91 Å². The molecule has 4 nitrogen and oxygen atoms in total. The van der Waals surface area contributed by atoms with Gasteiger partial charge in [0.05, 0.1) is 16.5 Å². The summed E-state index contributed by atoms with van der Waals surface area (Å²) in [5, 5.41) is 2.84. The predicted octanol–water partition coefficient (Wildman–Crippen LogP) is 3.27. The Bertz CT molecular complexity index is 654. The van der Waals surface area contributed by atoms with Crippen LogP contribution in [0.4, 0.5) is 0 Å². The molecule has 1 heterocycles. The summed E-state index contributed by atoms with van der Waals surface area (Å²) >= 11 is 5.05. The van der Waals surface area contributed by atoms with Gasteiger partial charge in [0.1, 0.15) is 0 Å². The van der Waals surface area contributed by atoms with Crippen molar-refractivity contribution in [3.63, 3.8) is 0 Å². The van der Waals surface area contributed by atoms with Crippen LogP contribution in [0.2, 0.25) is 0 Å². The third-order valence-corrected chi connectivity index (χ3v) is 4.52. The van der Waals surface area contributed by atoms with E-state index in [1.807, 2.05) is 12.1 Å². The molecule has 0 atom stereocenters. The van der Waals surface area contributed by atoms with Crippen LogP contribution >= 0.6 is 27.3 Å². The zero-order valence-electron chi connectivity index (χ0n) is 11.4. The zero-order valence-corrected chi connectivity index (χ0v) is 13.8. The van der Waals surface area contributed by atoms with E-state index < -0.39 is 5.97 Å². The number of thiophene rings is 1. The van der Waals surface area contributed by atoms with Crippen LogP contribution in [0.3, 0.4) is 0 Å². The number of halogens is 1. The molecule has 0 saturated carbocycles. The van der Waals surface area contributed by atoms with Gasteiger partial charge in [-0.15, -0.1) is 11.3 Å². The predicted molar refractivity (Wildman–Crippen MR) is 85.8 cm³/mol. The Kier molecular flexibility index (Phi) is 5.52. The first-order valence-electron chi connectivity index (χ1n) is 6.31. The molecule has 1 N–H and O–H groups in total. The van der Waals surface area contributed by atoms with Gasteiger partial charge in [0.25, 0.3) is 5.91 Å². The van der Waals surface area contributed by atoms with E-state index in [0.29, 0.717) is 17.7 Å². The average molecular weight is 368 g/mol. The summed E-state index contributed by atoms with van der Waals surface area (Å²) in [7, 11) is 1.31. The standard InChI is InChI=1S/C15H14BrNO3S/c1-20-15(19)11-4-2-3-10(9-11)14(18)17-8-7-12-5-6-13(16)21-12/h2-6,9H,7-8H2,1H3,(H,17,18). The van der Waals surface area contributed by atoms with E-state index in [1.54, 1.807) is 29.5 Å². The number of carbonyl (C=O) groups excluding carboxylic acids is 2. The average Bonchev–Trinajstić information content (AvgIpc) is 2.92. The highest BCUT2D eigenvalue weighted by Crippen LogP contribution is 2.22. The molecule has 1 amide bonds. The molecule has 1 aromatic carbocycles. The summed E-state index contributed by atoms with van der Waals surface area (Å²) in [6, 6.07) is 10.5. The molecular formula is C15H14BrNO3S. The Hall–Kier alpha value is -1.66. The van der Waals surface area contributed by atoms with Crippen molar-refractivity contribution in [2.45, 2.75) is 6.42 Å². The molecule has 6 heteroatoms. The number of hydrogen-bond acceptors (Lipinski definition) is 4. The first-order chi connectivity index (χ1) is 10.1. The van der Waals surface area contributed by atoms with Gasteiger partial charge in [-0.2, -0.15) is 0 Å². The fourth-order valence-electron chi connectivity index (χ4n) is 1.79. The quantitative estimate of drug-likeness (QED) is 0.825. The Balaban J connectivity index is 1.92. The number of carbonyl (C=O) groups is 2. The van der Waals surface area contributed by atoms with Crippen molar-refractivity contribution >= 4 is 39.1 Å². The number of benzene rings is 1. The van der Waals surface area contributed by atoms with Crippen molar-refractivity contribution in [3.8, 4) is 0 Å². The van der Waals surface area contributed by atoms with E-state index in [4.69, 9.17) is 0 Å². The van der Waals surface area contributed by atoms with Gasteiger partial charge in [-0.3, -0.25) is 4.79 Å². The second-order valence-electron chi connectivity index (χ2n) is 4.28. The second-order valence-corrected chi connectivity index (χ2v) is 6.83. The zero-order chi connectivity index (χ0) is 15.2. The van der Waals surface area contributed by atoms with Crippen LogP contribution < -0.4 is 5.32 Å². The smallest absolute Gasteiger partial charge is 0.337 e. The van der Waals surface area contributed by atoms with Crippen LogP contribution in [-0.2, 0) is 11.2 Å². The van der Waals surface area contributed by atoms with Gasteiger partial charge in [0.15, 0.2) is 0 Å². The van der Waals surface area contributed by atoms with Crippen LogP contribution in [0.1, 0.15) is 25.6 Å². The van der Waals surface area contributed by atoms with Gasteiger partial charge in [0, 0.05) is 17.0 Å². The lowest BCUT2D eigenvalue weighted by atomic mass is 10.1. The minimum atomic E-state index is -0.451. The molecule has 2 rings (SSSR count). The van der Waals surface area contributed by atoms with Gasteiger partial charge in [-0.1, -0.05) is 6.07 Å². The highest BCUT2D eigenvalue weighted by Gasteiger charge is 2.10. The van der Waals surface area contributed by atoms with Crippen molar-refractivity contribution in [1.29, 1.82) is 0 Å². The van der Waals surface area contributed by atoms with E-state index >= 15 is 0 Å². The third kappa shape index (κ3) is 4.41. The molecule has 0 aliphatic rings. The van der Waals surface area contributed by atoms with Gasteiger partial charge in [0.2, 0.25) is 0 Å². The van der Waals surface area contributed by atoms with Crippen LogP contribution in [0, 0.1) is 0 Å². The lowest BCUT2D eigenvalue weighted by Gasteiger charge is -2.06. The molecule has 2 aromatic rings. The number of ether oxygens (including phenoxy) is 1. The van der Waals surface area contributed by atoms with Crippen LogP contribution in [0.15, 0.2) is 40.2 Å². The SMILES string of the molecule is COC(=O)c1cccc(C(=O)NCCc2ccc(Br)s2)c1. The third-order valence-electron chi connectivity index (χ3n) is 2.83. The normalized spacial score (nSPS) is 10.2. The molecule has 0 radical (unpaired) electrons. The molecule has 110 valence electrons. The number of rotatable bonds is 5. The molecule has 21 heavy (non-hydrogen) atoms. The summed E-state index contributed by atoms with van der Waals surface area (Å²) < 4.78 is 5.72. The maximum Gasteiger partial charge on any atom is 0.337 e. The number of esters is 1. The maximum atomic E-state index is 12.0. The molecule has 0 fully saturated rings. The van der Waals surface area contributed by atoms with Gasteiger partial charge in [-0.25, -0.2) is 4.79 Å². The van der Waals surface area contributed by atoms with Crippen LogP contribution in [0.5, 0.6) is 0 Å². The minimum Gasteiger partial charge on any atom is -0.465 e. The molecule has 1 aromatic heterocycles. The van der Waals surface area contributed by atoms with E-state index in [0.717, 1.165) is 10.2 Å². The van der Waals surface area contributed by atoms with Crippen molar-refractivity contribution in [1.82, 2.24) is 5.32 Å². The molecule has 0 aliphatic heterocycles. The molecule has 0 unspecified atom stereocenters. The molecule has 0 spiro atoms. The summed E-state index contributed by atoms with van der Waals surface area (Å²) in [4.78, 5) is 24.7. The van der Waals surface area contributed by atoms with Gasteiger partial charge < -0.3 is 10.1 Å². The van der Waals surface area contributed by atoms with Crippen LogP contribution in [0.25, 0.3) is 0 Å². The van der Waals surface area contributed by atoms with E-state index in [1.165, 1.54) is 18.1 Å².